The van der Waals surface area contributed by atoms with E-state index in [1.54, 1.807) is 0 Å². The van der Waals surface area contributed by atoms with Crippen LogP contribution in [0.2, 0.25) is 0 Å². The molecule has 0 spiro atoms. The Labute approximate surface area is 108 Å². The summed E-state index contributed by atoms with van der Waals surface area (Å²) in [5, 5.41) is 0. The Morgan fingerprint density at radius 3 is 2.72 bits per heavy atom. The first kappa shape index (κ1) is 13.3. The fraction of sp³-hybridized carbons (Fsp3) is 0.643. The molecule has 4 nitrogen and oxygen atoms in total. The number of rotatable bonds is 4. The first-order valence-electron chi connectivity index (χ1n) is 6.40. The van der Waals surface area contributed by atoms with Crippen molar-refractivity contribution in [1.29, 1.82) is 0 Å². The van der Waals surface area contributed by atoms with E-state index < -0.39 is 0 Å². The van der Waals surface area contributed by atoms with E-state index in [0.717, 1.165) is 12.0 Å². The fourth-order valence-corrected chi connectivity index (χ4v) is 2.30. The summed E-state index contributed by atoms with van der Waals surface area (Å²) in [7, 11) is 0. The Bertz CT molecular complexity index is 396. The van der Waals surface area contributed by atoms with Gasteiger partial charge in [-0.15, -0.1) is 0 Å². The fourth-order valence-electron chi connectivity index (χ4n) is 2.30. The molecule has 4 heteroatoms. The van der Waals surface area contributed by atoms with E-state index in [-0.39, 0.29) is 16.9 Å². The molecule has 0 aromatic carbocycles. The second-order valence-corrected chi connectivity index (χ2v) is 5.48. The molecule has 1 unspecified atom stereocenters. The van der Waals surface area contributed by atoms with Crippen LogP contribution in [-0.4, -0.2) is 31.3 Å². The Morgan fingerprint density at radius 1 is 1.56 bits per heavy atom. The van der Waals surface area contributed by atoms with E-state index in [1.807, 2.05) is 13.0 Å². The molecule has 100 valence electrons. The van der Waals surface area contributed by atoms with Crippen molar-refractivity contribution in [2.24, 2.45) is 11.1 Å². The van der Waals surface area contributed by atoms with Crippen LogP contribution in [0, 0.1) is 5.41 Å². The first-order chi connectivity index (χ1) is 8.47. The number of hydrogen-bond acceptors (Lipinski definition) is 4. The summed E-state index contributed by atoms with van der Waals surface area (Å²) in [5.74, 6) is -0.143. The molecule has 1 saturated heterocycles. The Balaban J connectivity index is 1.96. The van der Waals surface area contributed by atoms with Crippen LogP contribution >= 0.6 is 0 Å². The summed E-state index contributed by atoms with van der Waals surface area (Å²) in [6.07, 6.45) is 7.46. The zero-order chi connectivity index (χ0) is 13.2. The quantitative estimate of drug-likeness (QED) is 0.770. The SMILES string of the molecule is CCOC(=O)CC1(C)C=CC(C2(N)COC2)=CC1. The predicted octanol–water partition coefficient (Wildman–Crippen LogP) is 1.56. The third-order valence-corrected chi connectivity index (χ3v) is 3.60. The molecule has 18 heavy (non-hydrogen) atoms. The highest BCUT2D eigenvalue weighted by Gasteiger charge is 2.39. The average Bonchev–Trinajstić information content (AvgIpc) is 2.26. The van der Waals surface area contributed by atoms with Crippen LogP contribution in [-0.2, 0) is 14.3 Å². The predicted molar refractivity (Wildman–Crippen MR) is 68.9 cm³/mol. The molecule has 0 aromatic heterocycles. The number of esters is 1. The van der Waals surface area contributed by atoms with Gasteiger partial charge < -0.3 is 15.2 Å². The number of hydrogen-bond donors (Lipinski definition) is 1. The van der Waals surface area contributed by atoms with Gasteiger partial charge in [0.05, 0.1) is 31.8 Å². The molecule has 1 aliphatic heterocycles. The van der Waals surface area contributed by atoms with Crippen LogP contribution in [0.4, 0.5) is 0 Å². The van der Waals surface area contributed by atoms with Crippen molar-refractivity contribution in [3.05, 3.63) is 23.8 Å². The van der Waals surface area contributed by atoms with E-state index in [0.29, 0.717) is 26.2 Å². The number of nitrogens with two attached hydrogens (primary N) is 1. The molecule has 0 radical (unpaired) electrons. The van der Waals surface area contributed by atoms with Gasteiger partial charge in [0.15, 0.2) is 0 Å². The van der Waals surface area contributed by atoms with Crippen LogP contribution in [0.5, 0.6) is 0 Å². The minimum absolute atomic E-state index is 0.143. The monoisotopic (exact) mass is 251 g/mol. The maximum atomic E-state index is 11.5. The summed E-state index contributed by atoms with van der Waals surface area (Å²) >= 11 is 0. The van der Waals surface area contributed by atoms with Gasteiger partial charge in [-0.25, -0.2) is 0 Å². The lowest BCUT2D eigenvalue weighted by Gasteiger charge is -2.41. The average molecular weight is 251 g/mol. The molecule has 1 atom stereocenters. The van der Waals surface area contributed by atoms with Gasteiger partial charge in [0.1, 0.15) is 0 Å². The number of carbonyl (C=O) groups excluding carboxylic acids is 1. The maximum Gasteiger partial charge on any atom is 0.306 e. The minimum Gasteiger partial charge on any atom is -0.466 e. The van der Waals surface area contributed by atoms with Crippen molar-refractivity contribution in [2.75, 3.05) is 19.8 Å². The minimum atomic E-state index is -0.318. The molecule has 0 aromatic rings. The topological polar surface area (TPSA) is 61.5 Å². The Hall–Kier alpha value is -1.13. The van der Waals surface area contributed by atoms with Crippen molar-refractivity contribution < 1.29 is 14.3 Å². The van der Waals surface area contributed by atoms with Crippen molar-refractivity contribution in [3.63, 3.8) is 0 Å². The molecular formula is C14H21NO3. The lowest BCUT2D eigenvalue weighted by Crippen LogP contribution is -2.58. The van der Waals surface area contributed by atoms with E-state index in [4.69, 9.17) is 15.2 Å². The third kappa shape index (κ3) is 2.65. The zero-order valence-electron chi connectivity index (χ0n) is 11.1. The second-order valence-electron chi connectivity index (χ2n) is 5.48. The van der Waals surface area contributed by atoms with E-state index in [2.05, 4.69) is 19.1 Å². The molecule has 0 amide bonds. The Kier molecular flexibility index (Phi) is 3.59. The molecule has 2 N–H and O–H groups in total. The number of carbonyl (C=O) groups is 1. The van der Waals surface area contributed by atoms with Crippen LogP contribution in [0.25, 0.3) is 0 Å². The standard InChI is InChI=1S/C14H21NO3/c1-3-18-12(16)8-13(2)6-4-11(5-7-13)14(15)9-17-10-14/h4-6H,3,7-10,15H2,1-2H3. The molecule has 2 rings (SSSR count). The molecule has 0 saturated carbocycles. The van der Waals surface area contributed by atoms with Crippen LogP contribution < -0.4 is 5.73 Å². The van der Waals surface area contributed by atoms with Crippen LogP contribution in [0.1, 0.15) is 26.7 Å². The summed E-state index contributed by atoms with van der Waals surface area (Å²) in [6.45, 7) is 5.48. The van der Waals surface area contributed by atoms with Crippen molar-refractivity contribution in [2.45, 2.75) is 32.2 Å². The maximum absolute atomic E-state index is 11.5. The molecule has 1 aliphatic carbocycles. The zero-order valence-corrected chi connectivity index (χ0v) is 11.1. The lowest BCUT2D eigenvalue weighted by molar-refractivity contribution is -0.145. The molecule has 2 aliphatic rings. The van der Waals surface area contributed by atoms with Gasteiger partial charge in [-0.1, -0.05) is 25.2 Å². The molecule has 0 bridgehead atoms. The van der Waals surface area contributed by atoms with Gasteiger partial charge in [0.25, 0.3) is 0 Å². The summed E-state index contributed by atoms with van der Waals surface area (Å²) in [5.41, 5.74) is 6.83. The largest absolute Gasteiger partial charge is 0.466 e. The number of ether oxygens (including phenoxy) is 2. The highest BCUT2D eigenvalue weighted by atomic mass is 16.5. The van der Waals surface area contributed by atoms with Crippen molar-refractivity contribution >= 4 is 5.97 Å². The van der Waals surface area contributed by atoms with E-state index >= 15 is 0 Å². The molecule has 1 heterocycles. The van der Waals surface area contributed by atoms with Gasteiger partial charge >= 0.3 is 5.97 Å². The van der Waals surface area contributed by atoms with Crippen molar-refractivity contribution in [3.8, 4) is 0 Å². The molecule has 1 fully saturated rings. The van der Waals surface area contributed by atoms with Gasteiger partial charge in [-0.05, 0) is 24.3 Å². The highest BCUT2D eigenvalue weighted by Crippen LogP contribution is 2.37. The van der Waals surface area contributed by atoms with Crippen LogP contribution in [0.3, 0.4) is 0 Å². The van der Waals surface area contributed by atoms with Gasteiger partial charge in [0, 0.05) is 0 Å². The van der Waals surface area contributed by atoms with E-state index in [9.17, 15) is 4.79 Å². The highest BCUT2D eigenvalue weighted by molar-refractivity contribution is 5.70. The number of allylic oxidation sites excluding steroid dienone is 2. The first-order valence-corrected chi connectivity index (χ1v) is 6.40. The smallest absolute Gasteiger partial charge is 0.306 e. The van der Waals surface area contributed by atoms with Gasteiger partial charge in [0.2, 0.25) is 0 Å². The van der Waals surface area contributed by atoms with E-state index in [1.165, 1.54) is 0 Å². The lowest BCUT2D eigenvalue weighted by atomic mass is 9.75. The van der Waals surface area contributed by atoms with Gasteiger partial charge in [-0.2, -0.15) is 0 Å². The molecular weight excluding hydrogens is 230 g/mol. The Morgan fingerprint density at radius 2 is 2.28 bits per heavy atom. The van der Waals surface area contributed by atoms with Crippen LogP contribution in [0.15, 0.2) is 23.8 Å². The van der Waals surface area contributed by atoms with Gasteiger partial charge in [-0.3, -0.25) is 4.79 Å². The second kappa shape index (κ2) is 4.86. The summed E-state index contributed by atoms with van der Waals surface area (Å²) in [4.78, 5) is 11.5. The third-order valence-electron chi connectivity index (χ3n) is 3.60. The summed E-state index contributed by atoms with van der Waals surface area (Å²) < 4.78 is 10.2. The van der Waals surface area contributed by atoms with Crippen molar-refractivity contribution in [1.82, 2.24) is 0 Å². The normalized spacial score (nSPS) is 29.4. The summed E-state index contributed by atoms with van der Waals surface area (Å²) in [6, 6.07) is 0.